The zero-order valence-corrected chi connectivity index (χ0v) is 12.3. The van der Waals surface area contributed by atoms with Crippen LogP contribution in [0.3, 0.4) is 0 Å². The third kappa shape index (κ3) is 2.39. The summed E-state index contributed by atoms with van der Waals surface area (Å²) in [7, 11) is 0. The zero-order chi connectivity index (χ0) is 16.5. The normalized spacial score (nSPS) is 10.9. The van der Waals surface area contributed by atoms with E-state index in [9.17, 15) is 9.18 Å². The summed E-state index contributed by atoms with van der Waals surface area (Å²) >= 11 is 0. The van der Waals surface area contributed by atoms with Gasteiger partial charge in [0.25, 0.3) is 5.91 Å². The van der Waals surface area contributed by atoms with Gasteiger partial charge in [-0.05, 0) is 24.3 Å². The SMILES string of the molecule is O=C(Nc1ccnc2ccnn12)c1ccn(-c2ccccc2F)n1. The van der Waals surface area contributed by atoms with Crippen LogP contribution < -0.4 is 5.32 Å². The molecule has 24 heavy (non-hydrogen) atoms. The third-order valence-corrected chi connectivity index (χ3v) is 3.45. The second-order valence-electron chi connectivity index (χ2n) is 4.98. The lowest BCUT2D eigenvalue weighted by atomic mass is 10.3. The maximum absolute atomic E-state index is 13.8. The topological polar surface area (TPSA) is 77.1 Å². The Morgan fingerprint density at radius 3 is 2.83 bits per heavy atom. The first-order valence-electron chi connectivity index (χ1n) is 7.13. The molecular formula is C16H11FN6O. The molecule has 3 heterocycles. The van der Waals surface area contributed by atoms with Crippen molar-refractivity contribution in [3.8, 4) is 5.69 Å². The fraction of sp³-hybridized carbons (Fsp3) is 0. The molecule has 0 fully saturated rings. The van der Waals surface area contributed by atoms with Gasteiger partial charge in [-0.2, -0.15) is 14.7 Å². The second kappa shape index (κ2) is 5.58. The summed E-state index contributed by atoms with van der Waals surface area (Å²) in [6, 6.07) is 11.1. The molecule has 1 aromatic carbocycles. The van der Waals surface area contributed by atoms with E-state index in [0.29, 0.717) is 11.5 Å². The van der Waals surface area contributed by atoms with Crippen molar-refractivity contribution in [1.82, 2.24) is 24.4 Å². The van der Waals surface area contributed by atoms with E-state index in [0.717, 1.165) is 0 Å². The molecule has 7 nitrogen and oxygen atoms in total. The Hall–Kier alpha value is -3.55. The lowest BCUT2D eigenvalue weighted by Gasteiger charge is -2.05. The quantitative estimate of drug-likeness (QED) is 0.628. The summed E-state index contributed by atoms with van der Waals surface area (Å²) in [5.41, 5.74) is 1.05. The van der Waals surface area contributed by atoms with Crippen LogP contribution >= 0.6 is 0 Å². The van der Waals surface area contributed by atoms with Crippen molar-refractivity contribution in [3.63, 3.8) is 0 Å². The molecule has 0 saturated carbocycles. The Morgan fingerprint density at radius 1 is 1.08 bits per heavy atom. The van der Waals surface area contributed by atoms with Crippen LogP contribution in [0, 0.1) is 5.82 Å². The minimum atomic E-state index is -0.423. The van der Waals surface area contributed by atoms with Gasteiger partial charge < -0.3 is 5.32 Å². The molecule has 1 N–H and O–H groups in total. The zero-order valence-electron chi connectivity index (χ0n) is 12.3. The number of nitrogens with zero attached hydrogens (tertiary/aromatic N) is 5. The molecule has 0 spiro atoms. The van der Waals surface area contributed by atoms with Gasteiger partial charge in [0.2, 0.25) is 0 Å². The molecule has 0 unspecified atom stereocenters. The fourth-order valence-electron chi connectivity index (χ4n) is 2.33. The summed E-state index contributed by atoms with van der Waals surface area (Å²) in [4.78, 5) is 16.5. The van der Waals surface area contributed by atoms with Gasteiger partial charge in [0.1, 0.15) is 17.3 Å². The number of aromatic nitrogens is 5. The molecule has 0 saturated heterocycles. The van der Waals surface area contributed by atoms with Crippen LogP contribution in [-0.2, 0) is 0 Å². The van der Waals surface area contributed by atoms with Crippen LogP contribution in [0.1, 0.15) is 10.5 Å². The molecule has 118 valence electrons. The van der Waals surface area contributed by atoms with Gasteiger partial charge in [-0.1, -0.05) is 12.1 Å². The fourth-order valence-corrected chi connectivity index (χ4v) is 2.33. The molecule has 0 aliphatic heterocycles. The maximum Gasteiger partial charge on any atom is 0.277 e. The van der Waals surface area contributed by atoms with Gasteiger partial charge in [-0.25, -0.2) is 14.1 Å². The molecule has 4 aromatic rings. The summed E-state index contributed by atoms with van der Waals surface area (Å²) in [6.07, 6.45) is 4.69. The van der Waals surface area contributed by atoms with E-state index >= 15 is 0 Å². The number of fused-ring (bicyclic) bond motifs is 1. The smallest absolute Gasteiger partial charge is 0.277 e. The van der Waals surface area contributed by atoms with E-state index in [2.05, 4.69) is 20.5 Å². The standard InChI is InChI=1S/C16H11FN6O/c17-11-3-1-2-4-13(11)22-10-7-12(21-22)16(24)20-15-5-8-18-14-6-9-19-23(14)15/h1-10H,(H,20,24). The number of halogens is 1. The van der Waals surface area contributed by atoms with Gasteiger partial charge in [0.15, 0.2) is 11.3 Å². The highest BCUT2D eigenvalue weighted by Crippen LogP contribution is 2.14. The third-order valence-electron chi connectivity index (χ3n) is 3.45. The van der Waals surface area contributed by atoms with E-state index < -0.39 is 11.7 Å². The maximum atomic E-state index is 13.8. The van der Waals surface area contributed by atoms with Crippen molar-refractivity contribution in [2.45, 2.75) is 0 Å². The number of hydrogen-bond donors (Lipinski definition) is 1. The summed E-state index contributed by atoms with van der Waals surface area (Å²) in [6.45, 7) is 0. The number of para-hydroxylation sites is 1. The van der Waals surface area contributed by atoms with Gasteiger partial charge in [-0.15, -0.1) is 0 Å². The average Bonchev–Trinajstić information content (AvgIpc) is 3.25. The van der Waals surface area contributed by atoms with E-state index in [1.54, 1.807) is 42.7 Å². The first kappa shape index (κ1) is 14.1. The Labute approximate surface area is 135 Å². The summed E-state index contributed by atoms with van der Waals surface area (Å²) in [5.74, 6) is -0.372. The van der Waals surface area contributed by atoms with Gasteiger partial charge >= 0.3 is 0 Å². The highest BCUT2D eigenvalue weighted by atomic mass is 19.1. The molecule has 0 radical (unpaired) electrons. The molecule has 0 bridgehead atoms. The minimum Gasteiger partial charge on any atom is -0.305 e. The first-order chi connectivity index (χ1) is 11.7. The van der Waals surface area contributed by atoms with Crippen LogP contribution in [0.2, 0.25) is 0 Å². The summed E-state index contributed by atoms with van der Waals surface area (Å²) in [5, 5.41) is 10.9. The number of anilines is 1. The van der Waals surface area contributed by atoms with Crippen LogP contribution in [-0.4, -0.2) is 30.3 Å². The Morgan fingerprint density at radius 2 is 1.96 bits per heavy atom. The summed E-state index contributed by atoms with van der Waals surface area (Å²) < 4.78 is 16.6. The van der Waals surface area contributed by atoms with Crippen molar-refractivity contribution in [2.24, 2.45) is 0 Å². The molecule has 8 heteroatoms. The van der Waals surface area contributed by atoms with Gasteiger partial charge in [0.05, 0.1) is 6.20 Å². The predicted molar refractivity (Wildman–Crippen MR) is 84.5 cm³/mol. The minimum absolute atomic E-state index is 0.162. The average molecular weight is 322 g/mol. The second-order valence-corrected chi connectivity index (χ2v) is 4.98. The van der Waals surface area contributed by atoms with E-state index in [4.69, 9.17) is 0 Å². The van der Waals surface area contributed by atoms with Crippen molar-refractivity contribution in [1.29, 1.82) is 0 Å². The van der Waals surface area contributed by atoms with E-state index in [-0.39, 0.29) is 11.4 Å². The molecule has 0 aliphatic carbocycles. The van der Waals surface area contributed by atoms with Crippen LogP contribution in [0.5, 0.6) is 0 Å². The van der Waals surface area contributed by atoms with Crippen molar-refractivity contribution < 1.29 is 9.18 Å². The van der Waals surface area contributed by atoms with Crippen molar-refractivity contribution >= 4 is 17.4 Å². The number of carbonyl (C=O) groups excluding carboxylic acids is 1. The van der Waals surface area contributed by atoms with Gasteiger partial charge in [-0.3, -0.25) is 4.79 Å². The highest BCUT2D eigenvalue weighted by molar-refractivity contribution is 6.02. The lowest BCUT2D eigenvalue weighted by molar-refractivity contribution is 0.102. The number of nitrogens with one attached hydrogen (secondary N) is 1. The van der Waals surface area contributed by atoms with E-state index in [1.807, 2.05) is 0 Å². The van der Waals surface area contributed by atoms with Gasteiger partial charge in [0, 0.05) is 18.5 Å². The molecule has 3 aromatic heterocycles. The lowest BCUT2D eigenvalue weighted by Crippen LogP contribution is -2.16. The van der Waals surface area contributed by atoms with Crippen LogP contribution in [0.15, 0.2) is 61.1 Å². The Kier molecular flexibility index (Phi) is 3.27. The Balaban J connectivity index is 1.62. The van der Waals surface area contributed by atoms with Crippen molar-refractivity contribution in [3.05, 3.63) is 72.6 Å². The van der Waals surface area contributed by atoms with Crippen LogP contribution in [0.25, 0.3) is 11.3 Å². The van der Waals surface area contributed by atoms with Crippen molar-refractivity contribution in [2.75, 3.05) is 5.32 Å². The number of benzene rings is 1. The van der Waals surface area contributed by atoms with Crippen LogP contribution in [0.4, 0.5) is 10.2 Å². The molecular weight excluding hydrogens is 311 g/mol. The molecule has 4 rings (SSSR count). The highest BCUT2D eigenvalue weighted by Gasteiger charge is 2.13. The Bertz CT molecular complexity index is 1040. The molecule has 1 amide bonds. The number of rotatable bonds is 3. The number of hydrogen-bond acceptors (Lipinski definition) is 4. The number of amides is 1. The first-order valence-corrected chi connectivity index (χ1v) is 7.13. The monoisotopic (exact) mass is 322 g/mol. The molecule has 0 aliphatic rings. The molecule has 0 atom stereocenters. The van der Waals surface area contributed by atoms with E-state index in [1.165, 1.54) is 27.5 Å². The largest absolute Gasteiger partial charge is 0.305 e. The predicted octanol–water partition coefficient (Wildman–Crippen LogP) is 2.31. The number of carbonyl (C=O) groups is 1.